The lowest BCUT2D eigenvalue weighted by molar-refractivity contribution is -0.137. The molecule has 2 N–H and O–H groups in total. The summed E-state index contributed by atoms with van der Waals surface area (Å²) in [5, 5.41) is 12.0. The third-order valence-corrected chi connectivity index (χ3v) is 6.45. The van der Waals surface area contributed by atoms with E-state index >= 15 is 0 Å². The molecular formula is C22H27NO8S. The molecule has 1 unspecified atom stereocenters. The van der Waals surface area contributed by atoms with Crippen molar-refractivity contribution in [1.82, 2.24) is 0 Å². The number of benzene rings is 2. The number of carboxylic acids is 1. The van der Waals surface area contributed by atoms with E-state index < -0.39 is 27.6 Å². The predicted octanol–water partition coefficient (Wildman–Crippen LogP) is 3.22. The quantitative estimate of drug-likeness (QED) is 0.515. The van der Waals surface area contributed by atoms with Gasteiger partial charge in [-0.2, -0.15) is 0 Å². The van der Waals surface area contributed by atoms with Crippen LogP contribution in [-0.4, -0.2) is 54.0 Å². The number of rotatable bonds is 11. The Bertz CT molecular complexity index is 1110. The largest absolute Gasteiger partial charge is 0.496 e. The predicted molar refractivity (Wildman–Crippen MR) is 121 cm³/mol. The lowest BCUT2D eigenvalue weighted by Crippen LogP contribution is -2.25. The number of hydrogen-bond acceptors (Lipinski definition) is 8. The third-order valence-electron chi connectivity index (χ3n) is 4.72. The fourth-order valence-corrected chi connectivity index (χ4v) is 4.85. The topological polar surface area (TPSA) is 120 Å². The molecule has 0 spiro atoms. The summed E-state index contributed by atoms with van der Waals surface area (Å²) in [4.78, 5) is 11.1. The molecule has 10 heteroatoms. The Labute approximate surface area is 187 Å². The van der Waals surface area contributed by atoms with E-state index in [9.17, 15) is 18.3 Å². The molecule has 0 aliphatic carbocycles. The van der Waals surface area contributed by atoms with Crippen molar-refractivity contribution in [3.8, 4) is 23.0 Å². The molecule has 0 amide bonds. The fraction of sp³-hybridized carbons (Fsp3) is 0.318. The van der Waals surface area contributed by atoms with E-state index in [2.05, 4.69) is 11.9 Å². The van der Waals surface area contributed by atoms with Crippen LogP contribution in [0, 0.1) is 0 Å². The van der Waals surface area contributed by atoms with E-state index in [0.29, 0.717) is 28.3 Å². The second-order valence-electron chi connectivity index (χ2n) is 6.76. The van der Waals surface area contributed by atoms with Crippen LogP contribution in [-0.2, 0) is 20.4 Å². The first kappa shape index (κ1) is 24.9. The van der Waals surface area contributed by atoms with Crippen LogP contribution in [0.5, 0.6) is 23.0 Å². The standard InChI is InChI=1S/C22H27NO8S/c1-7-15-18(29-4)11-19(30-5)21(20(15)31-6)32(26,27)12-14-8-9-17(28-3)16(10-14)23-13(2)22(24)25/h7-11,13,23H,1,12H2,2-6H3,(H,24,25). The number of carbonyl (C=O) groups is 1. The molecule has 0 saturated carbocycles. The molecule has 2 rings (SSSR count). The van der Waals surface area contributed by atoms with E-state index in [1.165, 1.54) is 53.6 Å². The highest BCUT2D eigenvalue weighted by Gasteiger charge is 2.29. The molecule has 9 nitrogen and oxygen atoms in total. The minimum atomic E-state index is -3.98. The number of ether oxygens (including phenoxy) is 4. The summed E-state index contributed by atoms with van der Waals surface area (Å²) in [6, 6.07) is 5.24. The van der Waals surface area contributed by atoms with E-state index in [-0.39, 0.29) is 16.4 Å². The van der Waals surface area contributed by atoms with Crippen LogP contribution in [0.2, 0.25) is 0 Å². The maximum absolute atomic E-state index is 13.4. The van der Waals surface area contributed by atoms with Gasteiger partial charge in [-0.3, -0.25) is 4.79 Å². The molecule has 1 atom stereocenters. The maximum atomic E-state index is 13.4. The SMILES string of the molecule is C=Cc1c(OC)cc(OC)c(S(=O)(=O)Cc2ccc(OC)c(NC(C)C(=O)O)c2)c1OC. The molecule has 0 aliphatic rings. The fourth-order valence-electron chi connectivity index (χ4n) is 3.16. The number of anilines is 1. The van der Waals surface area contributed by atoms with Gasteiger partial charge in [-0.05, 0) is 24.6 Å². The summed E-state index contributed by atoms with van der Waals surface area (Å²) in [6.07, 6.45) is 1.44. The lowest BCUT2D eigenvalue weighted by Gasteiger charge is -2.19. The zero-order chi connectivity index (χ0) is 24.1. The molecule has 0 bridgehead atoms. The lowest BCUT2D eigenvalue weighted by atomic mass is 10.1. The van der Waals surface area contributed by atoms with E-state index in [1.54, 1.807) is 12.1 Å². The van der Waals surface area contributed by atoms with E-state index in [0.717, 1.165) is 0 Å². The Morgan fingerprint density at radius 2 is 1.69 bits per heavy atom. The number of sulfone groups is 1. The molecule has 174 valence electrons. The van der Waals surface area contributed by atoms with E-state index in [1.807, 2.05) is 0 Å². The van der Waals surface area contributed by atoms with Gasteiger partial charge >= 0.3 is 5.97 Å². The van der Waals surface area contributed by atoms with Gasteiger partial charge in [0.2, 0.25) is 0 Å². The first-order chi connectivity index (χ1) is 15.1. The van der Waals surface area contributed by atoms with Gasteiger partial charge in [0.25, 0.3) is 0 Å². The summed E-state index contributed by atoms with van der Waals surface area (Å²) in [5.41, 5.74) is 1.14. The summed E-state index contributed by atoms with van der Waals surface area (Å²) >= 11 is 0. The first-order valence-corrected chi connectivity index (χ1v) is 11.1. The molecule has 2 aromatic carbocycles. The van der Waals surface area contributed by atoms with E-state index in [4.69, 9.17) is 18.9 Å². The summed E-state index contributed by atoms with van der Waals surface area (Å²) in [5.74, 6) is -0.602. The van der Waals surface area contributed by atoms with Crippen molar-refractivity contribution < 1.29 is 37.3 Å². The Morgan fingerprint density at radius 3 is 2.19 bits per heavy atom. The number of nitrogens with one attached hydrogen (secondary N) is 1. The Hall–Kier alpha value is -3.40. The Morgan fingerprint density at radius 1 is 1.06 bits per heavy atom. The van der Waals surface area contributed by atoms with Crippen molar-refractivity contribution in [2.75, 3.05) is 33.8 Å². The highest BCUT2D eigenvalue weighted by molar-refractivity contribution is 7.90. The summed E-state index contributed by atoms with van der Waals surface area (Å²) in [7, 11) is 1.61. The normalized spacial score (nSPS) is 11.9. The molecular weight excluding hydrogens is 438 g/mol. The van der Waals surface area contributed by atoms with Crippen molar-refractivity contribution in [3.05, 3.63) is 42.0 Å². The van der Waals surface area contributed by atoms with Crippen LogP contribution in [0.4, 0.5) is 5.69 Å². The highest BCUT2D eigenvalue weighted by atomic mass is 32.2. The van der Waals surface area contributed by atoms with Gasteiger partial charge in [0.1, 0.15) is 23.3 Å². The smallest absolute Gasteiger partial charge is 0.325 e. The minimum absolute atomic E-state index is 0.0579. The number of aliphatic carboxylic acids is 1. The average Bonchev–Trinajstić information content (AvgIpc) is 2.77. The van der Waals surface area contributed by atoms with Gasteiger partial charge in [-0.25, -0.2) is 8.42 Å². The van der Waals surface area contributed by atoms with Gasteiger partial charge in [0.05, 0.1) is 45.4 Å². The van der Waals surface area contributed by atoms with Gasteiger partial charge in [0.15, 0.2) is 20.5 Å². The third kappa shape index (κ3) is 5.08. The molecule has 32 heavy (non-hydrogen) atoms. The number of methoxy groups -OCH3 is 4. The second-order valence-corrected chi connectivity index (χ2v) is 8.69. The summed E-state index contributed by atoms with van der Waals surface area (Å²) < 4.78 is 48.2. The van der Waals surface area contributed by atoms with Gasteiger partial charge in [0, 0.05) is 6.07 Å². The van der Waals surface area contributed by atoms with Crippen LogP contribution >= 0.6 is 0 Å². The van der Waals surface area contributed by atoms with Crippen molar-refractivity contribution >= 4 is 27.6 Å². The van der Waals surface area contributed by atoms with Crippen LogP contribution in [0.3, 0.4) is 0 Å². The van der Waals surface area contributed by atoms with Gasteiger partial charge in [-0.1, -0.05) is 18.7 Å². The second kappa shape index (κ2) is 10.3. The zero-order valence-corrected chi connectivity index (χ0v) is 19.4. The Balaban J connectivity index is 2.59. The Kier molecular flexibility index (Phi) is 7.98. The monoisotopic (exact) mass is 465 g/mol. The maximum Gasteiger partial charge on any atom is 0.325 e. The molecule has 2 aromatic rings. The van der Waals surface area contributed by atoms with Crippen molar-refractivity contribution in [2.45, 2.75) is 23.6 Å². The first-order valence-electron chi connectivity index (χ1n) is 9.47. The summed E-state index contributed by atoms with van der Waals surface area (Å²) in [6.45, 7) is 5.18. The molecule has 0 heterocycles. The average molecular weight is 466 g/mol. The van der Waals surface area contributed by atoms with Crippen LogP contribution in [0.25, 0.3) is 6.08 Å². The highest BCUT2D eigenvalue weighted by Crippen LogP contribution is 2.44. The van der Waals surface area contributed by atoms with Gasteiger partial charge < -0.3 is 29.4 Å². The molecule has 0 saturated heterocycles. The molecule has 0 radical (unpaired) electrons. The van der Waals surface area contributed by atoms with Crippen molar-refractivity contribution in [1.29, 1.82) is 0 Å². The number of hydrogen-bond donors (Lipinski definition) is 2. The molecule has 0 aromatic heterocycles. The van der Waals surface area contributed by atoms with Gasteiger partial charge in [-0.15, -0.1) is 0 Å². The van der Waals surface area contributed by atoms with Crippen molar-refractivity contribution in [2.24, 2.45) is 0 Å². The molecule has 0 aliphatic heterocycles. The minimum Gasteiger partial charge on any atom is -0.496 e. The van der Waals surface area contributed by atoms with Crippen LogP contribution in [0.1, 0.15) is 18.1 Å². The van der Waals surface area contributed by atoms with Crippen LogP contribution < -0.4 is 24.3 Å². The van der Waals surface area contributed by atoms with Crippen LogP contribution in [0.15, 0.2) is 35.7 Å². The zero-order valence-electron chi connectivity index (χ0n) is 18.6. The van der Waals surface area contributed by atoms with Crippen molar-refractivity contribution in [3.63, 3.8) is 0 Å². The number of carboxylic acid groups (broad SMARTS) is 1. The molecule has 0 fully saturated rings.